The maximum absolute atomic E-state index is 14.1. The molecule has 2 unspecified atom stereocenters. The van der Waals surface area contributed by atoms with Crippen LogP contribution in [0.2, 0.25) is 0 Å². The van der Waals surface area contributed by atoms with E-state index in [4.69, 9.17) is 4.74 Å². The number of rotatable bonds is 6. The van der Waals surface area contributed by atoms with E-state index < -0.39 is 0 Å². The van der Waals surface area contributed by atoms with Gasteiger partial charge in [-0.15, -0.1) is 0 Å². The molecule has 0 aromatic heterocycles. The van der Waals surface area contributed by atoms with Crippen molar-refractivity contribution >= 4 is 15.9 Å². The second kappa shape index (κ2) is 8.11. The zero-order valence-corrected chi connectivity index (χ0v) is 13.6. The standard InChI is InChI=1S/C16H23BrFNO/c1-2-8-19-16(11-13-5-3-4-9-20-13)14-10-12(17)6-7-15(14)18/h6-7,10,13,16,19H,2-5,8-9,11H2,1H3. The van der Waals surface area contributed by atoms with Crippen LogP contribution in [0.15, 0.2) is 22.7 Å². The van der Waals surface area contributed by atoms with Crippen LogP contribution in [0.3, 0.4) is 0 Å². The van der Waals surface area contributed by atoms with Gasteiger partial charge in [-0.3, -0.25) is 0 Å². The van der Waals surface area contributed by atoms with Gasteiger partial charge in [-0.05, 0) is 56.8 Å². The van der Waals surface area contributed by atoms with Crippen LogP contribution in [-0.4, -0.2) is 19.3 Å². The highest BCUT2D eigenvalue weighted by Gasteiger charge is 2.22. The summed E-state index contributed by atoms with van der Waals surface area (Å²) in [6.45, 7) is 3.86. The fraction of sp³-hybridized carbons (Fsp3) is 0.625. The molecule has 1 aliphatic heterocycles. The molecule has 1 aromatic carbocycles. The molecule has 1 aliphatic rings. The average molecular weight is 344 g/mol. The highest BCUT2D eigenvalue weighted by atomic mass is 79.9. The molecule has 2 nitrogen and oxygen atoms in total. The van der Waals surface area contributed by atoms with E-state index in [1.54, 1.807) is 6.07 Å². The summed E-state index contributed by atoms with van der Waals surface area (Å²) in [4.78, 5) is 0. The molecule has 4 heteroatoms. The Bertz CT molecular complexity index is 421. The van der Waals surface area contributed by atoms with Gasteiger partial charge < -0.3 is 10.1 Å². The third-order valence-electron chi connectivity index (χ3n) is 3.75. The first-order valence-electron chi connectivity index (χ1n) is 7.50. The summed E-state index contributed by atoms with van der Waals surface area (Å²) in [6, 6.07) is 5.18. The van der Waals surface area contributed by atoms with Crippen molar-refractivity contribution in [1.82, 2.24) is 5.32 Å². The van der Waals surface area contributed by atoms with E-state index in [-0.39, 0.29) is 18.0 Å². The van der Waals surface area contributed by atoms with E-state index in [0.717, 1.165) is 48.9 Å². The van der Waals surface area contributed by atoms with Crippen molar-refractivity contribution in [3.05, 3.63) is 34.1 Å². The molecule has 2 atom stereocenters. The van der Waals surface area contributed by atoms with Crippen LogP contribution in [0.5, 0.6) is 0 Å². The summed E-state index contributed by atoms with van der Waals surface area (Å²) in [5.41, 5.74) is 0.738. The molecule has 0 spiro atoms. The molecule has 0 saturated carbocycles. The quantitative estimate of drug-likeness (QED) is 0.815. The lowest BCUT2D eigenvalue weighted by atomic mass is 9.96. The molecular formula is C16H23BrFNO. The van der Waals surface area contributed by atoms with Gasteiger partial charge >= 0.3 is 0 Å². The summed E-state index contributed by atoms with van der Waals surface area (Å²) >= 11 is 3.43. The lowest BCUT2D eigenvalue weighted by Gasteiger charge is -2.28. The Morgan fingerprint density at radius 1 is 1.45 bits per heavy atom. The van der Waals surface area contributed by atoms with Gasteiger partial charge in [-0.25, -0.2) is 4.39 Å². The predicted molar refractivity (Wildman–Crippen MR) is 83.3 cm³/mol. The number of ether oxygens (including phenoxy) is 1. The average Bonchev–Trinajstić information content (AvgIpc) is 2.47. The van der Waals surface area contributed by atoms with E-state index in [1.807, 2.05) is 6.07 Å². The van der Waals surface area contributed by atoms with Gasteiger partial charge in [0, 0.05) is 22.7 Å². The smallest absolute Gasteiger partial charge is 0.128 e. The normalized spacial score (nSPS) is 20.9. The molecule has 0 aliphatic carbocycles. The molecule has 1 saturated heterocycles. The first kappa shape index (κ1) is 15.9. The molecule has 112 valence electrons. The van der Waals surface area contributed by atoms with Crippen LogP contribution in [-0.2, 0) is 4.74 Å². The van der Waals surface area contributed by atoms with E-state index in [1.165, 1.54) is 12.5 Å². The Hall–Kier alpha value is -0.450. The fourth-order valence-corrected chi connectivity index (χ4v) is 3.06. The Morgan fingerprint density at radius 2 is 2.30 bits per heavy atom. The molecule has 20 heavy (non-hydrogen) atoms. The summed E-state index contributed by atoms with van der Waals surface area (Å²) in [5, 5.41) is 3.46. The minimum absolute atomic E-state index is 0.0237. The van der Waals surface area contributed by atoms with Crippen molar-refractivity contribution in [3.8, 4) is 0 Å². The van der Waals surface area contributed by atoms with Gasteiger partial charge in [0.25, 0.3) is 0 Å². The Labute approximate surface area is 129 Å². The number of hydrogen-bond donors (Lipinski definition) is 1. The van der Waals surface area contributed by atoms with Crippen LogP contribution in [0, 0.1) is 5.82 Å². The van der Waals surface area contributed by atoms with Crippen LogP contribution < -0.4 is 5.32 Å². The van der Waals surface area contributed by atoms with Crippen molar-refractivity contribution in [2.75, 3.05) is 13.2 Å². The predicted octanol–water partition coefficient (Wildman–Crippen LogP) is 4.59. The molecule has 2 rings (SSSR count). The van der Waals surface area contributed by atoms with Crippen LogP contribution >= 0.6 is 15.9 Å². The summed E-state index contributed by atoms with van der Waals surface area (Å²) in [6.07, 6.45) is 5.57. The van der Waals surface area contributed by atoms with E-state index in [0.29, 0.717) is 0 Å². The van der Waals surface area contributed by atoms with Gasteiger partial charge in [0.15, 0.2) is 0 Å². The monoisotopic (exact) mass is 343 g/mol. The molecule has 0 radical (unpaired) electrons. The second-order valence-corrected chi connectivity index (χ2v) is 6.31. The van der Waals surface area contributed by atoms with Crippen LogP contribution in [0.1, 0.15) is 50.6 Å². The first-order chi connectivity index (χ1) is 9.70. The molecule has 1 fully saturated rings. The van der Waals surface area contributed by atoms with Gasteiger partial charge in [-0.1, -0.05) is 22.9 Å². The summed E-state index contributed by atoms with van der Waals surface area (Å²) in [5.74, 6) is -0.141. The summed E-state index contributed by atoms with van der Waals surface area (Å²) in [7, 11) is 0. The van der Waals surface area contributed by atoms with Gasteiger partial charge in [0.2, 0.25) is 0 Å². The lowest BCUT2D eigenvalue weighted by molar-refractivity contribution is 0.00485. The van der Waals surface area contributed by atoms with Crippen molar-refractivity contribution in [3.63, 3.8) is 0 Å². The largest absolute Gasteiger partial charge is 0.378 e. The molecule has 1 heterocycles. The minimum atomic E-state index is -0.141. The van der Waals surface area contributed by atoms with Crippen molar-refractivity contribution in [1.29, 1.82) is 0 Å². The van der Waals surface area contributed by atoms with Crippen LogP contribution in [0.4, 0.5) is 4.39 Å². The van der Waals surface area contributed by atoms with E-state index in [2.05, 4.69) is 28.2 Å². The Kier molecular flexibility index (Phi) is 6.46. The van der Waals surface area contributed by atoms with Crippen LogP contribution in [0.25, 0.3) is 0 Å². The SMILES string of the molecule is CCCNC(CC1CCCCO1)c1cc(Br)ccc1F. The number of benzene rings is 1. The van der Waals surface area contributed by atoms with Gasteiger partial charge in [-0.2, -0.15) is 0 Å². The van der Waals surface area contributed by atoms with Crippen molar-refractivity contribution < 1.29 is 9.13 Å². The third-order valence-corrected chi connectivity index (χ3v) is 4.24. The van der Waals surface area contributed by atoms with Crippen molar-refractivity contribution in [2.24, 2.45) is 0 Å². The maximum atomic E-state index is 14.1. The molecule has 1 N–H and O–H groups in total. The summed E-state index contributed by atoms with van der Waals surface area (Å²) < 4.78 is 20.8. The molecular weight excluding hydrogens is 321 g/mol. The fourth-order valence-electron chi connectivity index (χ4n) is 2.68. The number of hydrogen-bond acceptors (Lipinski definition) is 2. The topological polar surface area (TPSA) is 21.3 Å². The highest BCUT2D eigenvalue weighted by molar-refractivity contribution is 9.10. The number of halogens is 2. The lowest BCUT2D eigenvalue weighted by Crippen LogP contribution is -2.30. The van der Waals surface area contributed by atoms with E-state index >= 15 is 0 Å². The number of nitrogens with one attached hydrogen (secondary N) is 1. The minimum Gasteiger partial charge on any atom is -0.378 e. The zero-order chi connectivity index (χ0) is 14.4. The molecule has 0 bridgehead atoms. The second-order valence-electron chi connectivity index (χ2n) is 5.40. The Morgan fingerprint density at radius 3 is 3.00 bits per heavy atom. The molecule has 1 aromatic rings. The van der Waals surface area contributed by atoms with Crippen molar-refractivity contribution in [2.45, 2.75) is 51.2 Å². The van der Waals surface area contributed by atoms with E-state index in [9.17, 15) is 4.39 Å². The van der Waals surface area contributed by atoms with Gasteiger partial charge in [0.05, 0.1) is 6.10 Å². The highest BCUT2D eigenvalue weighted by Crippen LogP contribution is 2.28. The molecule has 0 amide bonds. The first-order valence-corrected chi connectivity index (χ1v) is 8.30. The van der Waals surface area contributed by atoms with Gasteiger partial charge in [0.1, 0.15) is 5.82 Å². The maximum Gasteiger partial charge on any atom is 0.128 e. The zero-order valence-electron chi connectivity index (χ0n) is 12.0. The Balaban J connectivity index is 2.10. The third kappa shape index (κ3) is 4.54.